The van der Waals surface area contributed by atoms with Gasteiger partial charge in [-0.05, 0) is 44.5 Å². The molecule has 1 saturated heterocycles. The van der Waals surface area contributed by atoms with Crippen LogP contribution >= 0.6 is 11.6 Å². The van der Waals surface area contributed by atoms with Gasteiger partial charge in [-0.15, -0.1) is 0 Å². The zero-order valence-corrected chi connectivity index (χ0v) is 12.4. The highest BCUT2D eigenvalue weighted by atomic mass is 35.5. The van der Waals surface area contributed by atoms with E-state index in [4.69, 9.17) is 11.6 Å². The molecule has 1 aliphatic rings. The Hall–Kier alpha value is -1.33. The standard InChI is InChI=1S/C14H20ClN3O2/c1-2-17-8-3-4-11(7-9-17)16-12-5-6-13(15)14(10-12)18(19)20/h5-6,10-11,16H,2-4,7-9H2,1H3. The van der Waals surface area contributed by atoms with Crippen molar-refractivity contribution < 1.29 is 4.92 Å². The lowest BCUT2D eigenvalue weighted by atomic mass is 10.1. The number of nitro benzene ring substituents is 1. The lowest BCUT2D eigenvalue weighted by Crippen LogP contribution is -2.26. The monoisotopic (exact) mass is 297 g/mol. The molecule has 0 aliphatic carbocycles. The van der Waals surface area contributed by atoms with Crippen LogP contribution in [0.1, 0.15) is 26.2 Å². The van der Waals surface area contributed by atoms with E-state index in [9.17, 15) is 10.1 Å². The third-order valence-corrected chi connectivity index (χ3v) is 4.10. The quantitative estimate of drug-likeness (QED) is 0.682. The number of hydrogen-bond acceptors (Lipinski definition) is 4. The van der Waals surface area contributed by atoms with E-state index in [1.54, 1.807) is 12.1 Å². The van der Waals surface area contributed by atoms with Gasteiger partial charge < -0.3 is 10.2 Å². The topological polar surface area (TPSA) is 58.4 Å². The van der Waals surface area contributed by atoms with Crippen LogP contribution in [0.2, 0.25) is 5.02 Å². The Kier molecular flexibility index (Phi) is 5.20. The van der Waals surface area contributed by atoms with Gasteiger partial charge in [0.05, 0.1) is 4.92 Å². The molecule has 20 heavy (non-hydrogen) atoms. The maximum Gasteiger partial charge on any atom is 0.289 e. The average Bonchev–Trinajstić information content (AvgIpc) is 2.66. The minimum absolute atomic E-state index is 0.0412. The molecule has 0 bridgehead atoms. The van der Waals surface area contributed by atoms with Crippen LogP contribution in [0.25, 0.3) is 0 Å². The third-order valence-electron chi connectivity index (χ3n) is 3.78. The van der Waals surface area contributed by atoms with Gasteiger partial charge in [-0.3, -0.25) is 10.1 Å². The molecule has 2 rings (SSSR count). The SMILES string of the molecule is CCN1CCCC(Nc2ccc(Cl)c([N+](=O)[O-])c2)CC1. The van der Waals surface area contributed by atoms with Crippen LogP contribution in [0.3, 0.4) is 0 Å². The fraction of sp³-hybridized carbons (Fsp3) is 0.571. The van der Waals surface area contributed by atoms with Gasteiger partial charge in [-0.1, -0.05) is 18.5 Å². The average molecular weight is 298 g/mol. The Balaban J connectivity index is 2.02. The molecule has 1 aromatic rings. The molecule has 1 N–H and O–H groups in total. The number of halogens is 1. The van der Waals surface area contributed by atoms with Crippen molar-refractivity contribution in [1.29, 1.82) is 0 Å². The second-order valence-electron chi connectivity index (χ2n) is 5.13. The van der Waals surface area contributed by atoms with Crippen molar-refractivity contribution in [1.82, 2.24) is 4.90 Å². The van der Waals surface area contributed by atoms with Crippen molar-refractivity contribution >= 4 is 23.0 Å². The number of likely N-dealkylation sites (tertiary alicyclic amines) is 1. The maximum atomic E-state index is 10.9. The first-order valence-electron chi connectivity index (χ1n) is 7.03. The second kappa shape index (κ2) is 6.90. The van der Waals surface area contributed by atoms with E-state index in [0.29, 0.717) is 6.04 Å². The van der Waals surface area contributed by atoms with Crippen LogP contribution in [0.15, 0.2) is 18.2 Å². The highest BCUT2D eigenvalue weighted by Gasteiger charge is 2.18. The van der Waals surface area contributed by atoms with E-state index in [1.807, 2.05) is 0 Å². The van der Waals surface area contributed by atoms with Gasteiger partial charge in [0.1, 0.15) is 5.02 Å². The summed E-state index contributed by atoms with van der Waals surface area (Å²) < 4.78 is 0. The van der Waals surface area contributed by atoms with E-state index < -0.39 is 4.92 Å². The van der Waals surface area contributed by atoms with E-state index in [1.165, 1.54) is 6.07 Å². The normalized spacial score (nSPS) is 20.4. The van der Waals surface area contributed by atoms with Crippen LogP contribution in [-0.4, -0.2) is 35.5 Å². The predicted molar refractivity (Wildman–Crippen MR) is 81.5 cm³/mol. The Morgan fingerprint density at radius 2 is 2.25 bits per heavy atom. The van der Waals surface area contributed by atoms with Crippen molar-refractivity contribution in [2.45, 2.75) is 32.2 Å². The Bertz CT molecular complexity index is 481. The minimum Gasteiger partial charge on any atom is -0.382 e. The first kappa shape index (κ1) is 15.1. The molecular weight excluding hydrogens is 278 g/mol. The lowest BCUT2D eigenvalue weighted by molar-refractivity contribution is -0.384. The molecule has 1 unspecified atom stereocenters. The molecule has 1 heterocycles. The number of benzene rings is 1. The largest absolute Gasteiger partial charge is 0.382 e. The van der Waals surface area contributed by atoms with Gasteiger partial charge in [0, 0.05) is 24.3 Å². The molecule has 0 saturated carbocycles. The molecule has 1 aliphatic heterocycles. The summed E-state index contributed by atoms with van der Waals surface area (Å²) in [6, 6.07) is 5.27. The zero-order valence-electron chi connectivity index (χ0n) is 11.6. The van der Waals surface area contributed by atoms with Gasteiger partial charge >= 0.3 is 0 Å². The summed E-state index contributed by atoms with van der Waals surface area (Å²) in [6.07, 6.45) is 3.30. The number of anilines is 1. The maximum absolute atomic E-state index is 10.9. The molecule has 110 valence electrons. The van der Waals surface area contributed by atoms with Crippen molar-refractivity contribution in [2.24, 2.45) is 0 Å². The number of rotatable bonds is 4. The van der Waals surface area contributed by atoms with Crippen LogP contribution in [0.4, 0.5) is 11.4 Å². The molecule has 1 fully saturated rings. The summed E-state index contributed by atoms with van der Waals surface area (Å²) in [4.78, 5) is 12.9. The second-order valence-corrected chi connectivity index (χ2v) is 5.54. The van der Waals surface area contributed by atoms with Gasteiger partial charge in [-0.25, -0.2) is 0 Å². The van der Waals surface area contributed by atoms with Gasteiger partial charge in [0.25, 0.3) is 5.69 Å². The van der Waals surface area contributed by atoms with E-state index >= 15 is 0 Å². The van der Waals surface area contributed by atoms with Crippen molar-refractivity contribution in [3.63, 3.8) is 0 Å². The fourth-order valence-corrected chi connectivity index (χ4v) is 2.78. The Labute approximate surface area is 124 Å². The molecular formula is C14H20ClN3O2. The number of hydrogen-bond donors (Lipinski definition) is 1. The first-order valence-corrected chi connectivity index (χ1v) is 7.40. The van der Waals surface area contributed by atoms with Gasteiger partial charge in [0.15, 0.2) is 0 Å². The number of nitrogens with zero attached hydrogens (tertiary/aromatic N) is 2. The third kappa shape index (κ3) is 3.84. The molecule has 0 aromatic heterocycles. The fourth-order valence-electron chi connectivity index (χ4n) is 2.59. The Morgan fingerprint density at radius 1 is 1.45 bits per heavy atom. The van der Waals surface area contributed by atoms with Crippen LogP contribution < -0.4 is 5.32 Å². The highest BCUT2D eigenvalue weighted by molar-refractivity contribution is 6.32. The zero-order chi connectivity index (χ0) is 14.5. The number of nitro groups is 1. The molecule has 0 spiro atoms. The van der Waals surface area contributed by atoms with Crippen LogP contribution in [-0.2, 0) is 0 Å². The molecule has 0 amide bonds. The van der Waals surface area contributed by atoms with Crippen LogP contribution in [0, 0.1) is 10.1 Å². The number of nitrogens with one attached hydrogen (secondary N) is 1. The summed E-state index contributed by atoms with van der Waals surface area (Å²) in [5, 5.41) is 14.5. The Morgan fingerprint density at radius 3 is 2.95 bits per heavy atom. The summed E-state index contributed by atoms with van der Waals surface area (Å²) in [6.45, 7) is 5.47. The van der Waals surface area contributed by atoms with Crippen LogP contribution in [0.5, 0.6) is 0 Å². The van der Waals surface area contributed by atoms with E-state index in [0.717, 1.165) is 44.6 Å². The molecule has 1 atom stereocenters. The van der Waals surface area contributed by atoms with Crippen molar-refractivity contribution in [2.75, 3.05) is 25.0 Å². The molecule has 0 radical (unpaired) electrons. The lowest BCUT2D eigenvalue weighted by Gasteiger charge is -2.19. The van der Waals surface area contributed by atoms with Gasteiger partial charge in [0.2, 0.25) is 0 Å². The van der Waals surface area contributed by atoms with E-state index in [2.05, 4.69) is 17.1 Å². The van der Waals surface area contributed by atoms with Gasteiger partial charge in [-0.2, -0.15) is 0 Å². The summed E-state index contributed by atoms with van der Waals surface area (Å²) in [5.41, 5.74) is 0.733. The highest BCUT2D eigenvalue weighted by Crippen LogP contribution is 2.28. The first-order chi connectivity index (χ1) is 9.60. The molecule has 1 aromatic carbocycles. The summed E-state index contributed by atoms with van der Waals surface area (Å²) in [7, 11) is 0. The summed E-state index contributed by atoms with van der Waals surface area (Å²) in [5.74, 6) is 0. The molecule has 5 nitrogen and oxygen atoms in total. The smallest absolute Gasteiger partial charge is 0.289 e. The predicted octanol–water partition coefficient (Wildman–Crippen LogP) is 3.53. The van der Waals surface area contributed by atoms with Crippen molar-refractivity contribution in [3.05, 3.63) is 33.3 Å². The summed E-state index contributed by atoms with van der Waals surface area (Å²) >= 11 is 5.82. The molecule has 6 heteroatoms. The van der Waals surface area contributed by atoms with E-state index in [-0.39, 0.29) is 10.7 Å². The minimum atomic E-state index is -0.445. The van der Waals surface area contributed by atoms with Crippen molar-refractivity contribution in [3.8, 4) is 0 Å².